The molecule has 4 nitrogen and oxygen atoms in total. The minimum Gasteiger partial charge on any atom is -0.394 e. The van der Waals surface area contributed by atoms with Crippen LogP contribution in [0.1, 0.15) is 0 Å². The van der Waals surface area contributed by atoms with Crippen LogP contribution in [0, 0.1) is 0 Å². The van der Waals surface area contributed by atoms with Crippen LogP contribution in [0.5, 0.6) is 0 Å². The predicted octanol–water partition coefficient (Wildman–Crippen LogP) is 1.78. The largest absolute Gasteiger partial charge is 0.394 e. The van der Waals surface area contributed by atoms with E-state index in [9.17, 15) is 0 Å². The Morgan fingerprint density at radius 1 is 1.31 bits per heavy atom. The van der Waals surface area contributed by atoms with E-state index in [-0.39, 0.29) is 6.61 Å². The Bertz CT molecular complexity index is 478. The summed E-state index contributed by atoms with van der Waals surface area (Å²) in [7, 11) is 0. The molecule has 0 aliphatic rings. The smallest absolute Gasteiger partial charge is 0.122 e. The van der Waals surface area contributed by atoms with E-state index < -0.39 is 0 Å². The summed E-state index contributed by atoms with van der Waals surface area (Å²) >= 11 is 5.80. The van der Waals surface area contributed by atoms with Crippen LogP contribution in [0.15, 0.2) is 30.3 Å². The predicted molar refractivity (Wildman–Crippen MR) is 64.2 cm³/mol. The van der Waals surface area contributed by atoms with Crippen LogP contribution in [0.25, 0.3) is 11.3 Å². The zero-order valence-corrected chi connectivity index (χ0v) is 9.35. The fourth-order valence-electron chi connectivity index (χ4n) is 1.47. The molecule has 3 N–H and O–H groups in total. The molecule has 0 bridgehead atoms. The third-order valence-electron chi connectivity index (χ3n) is 2.26. The monoisotopic (exact) mass is 237 g/mol. The number of nitrogens with zero attached hydrogens (tertiary/aromatic N) is 2. The number of halogens is 1. The summed E-state index contributed by atoms with van der Waals surface area (Å²) in [6.07, 6.45) is 0. The molecule has 1 heterocycles. The van der Waals surface area contributed by atoms with Crippen molar-refractivity contribution in [2.75, 3.05) is 12.3 Å². The number of rotatable bonds is 3. The minimum absolute atomic E-state index is 0.0198. The molecular weight excluding hydrogens is 226 g/mol. The van der Waals surface area contributed by atoms with Gasteiger partial charge in [-0.15, -0.1) is 0 Å². The first-order valence-corrected chi connectivity index (χ1v) is 5.28. The number of hydrogen-bond donors (Lipinski definition) is 2. The Balaban J connectivity index is 2.33. The average molecular weight is 238 g/mol. The number of aromatic nitrogens is 2. The van der Waals surface area contributed by atoms with E-state index in [0.717, 1.165) is 11.3 Å². The molecule has 0 fully saturated rings. The highest BCUT2D eigenvalue weighted by molar-refractivity contribution is 6.30. The Hall–Kier alpha value is -1.52. The molecule has 5 heteroatoms. The molecule has 1 aromatic carbocycles. The highest BCUT2D eigenvalue weighted by Gasteiger charge is 2.06. The van der Waals surface area contributed by atoms with Crippen LogP contribution in [-0.4, -0.2) is 21.5 Å². The molecule has 0 spiro atoms. The first-order valence-electron chi connectivity index (χ1n) is 4.91. The summed E-state index contributed by atoms with van der Waals surface area (Å²) in [6.45, 7) is 0.422. The Morgan fingerprint density at radius 2 is 2.00 bits per heavy atom. The van der Waals surface area contributed by atoms with E-state index in [1.807, 2.05) is 12.1 Å². The number of hydrogen-bond acceptors (Lipinski definition) is 3. The van der Waals surface area contributed by atoms with Gasteiger partial charge in [0.1, 0.15) is 5.82 Å². The number of nitrogens with two attached hydrogens (primary N) is 1. The third kappa shape index (κ3) is 2.18. The summed E-state index contributed by atoms with van der Waals surface area (Å²) in [4.78, 5) is 0. The summed E-state index contributed by atoms with van der Waals surface area (Å²) in [6, 6.07) is 9.15. The fraction of sp³-hybridized carbons (Fsp3) is 0.182. The quantitative estimate of drug-likeness (QED) is 0.855. The van der Waals surface area contributed by atoms with Crippen molar-refractivity contribution in [3.63, 3.8) is 0 Å². The van der Waals surface area contributed by atoms with E-state index in [0.29, 0.717) is 17.4 Å². The first-order chi connectivity index (χ1) is 7.70. The zero-order chi connectivity index (χ0) is 11.5. The standard InChI is InChI=1S/C11H12ClN3O/c12-9-3-1-8(2-4-9)10-7-11(13)15(14-10)5-6-16/h1-4,7,16H,5-6,13H2. The minimum atomic E-state index is 0.0198. The molecule has 2 rings (SSSR count). The van der Waals surface area contributed by atoms with Crippen molar-refractivity contribution in [1.29, 1.82) is 0 Å². The van der Waals surface area contributed by atoms with Crippen molar-refractivity contribution in [1.82, 2.24) is 9.78 Å². The molecule has 1 aromatic heterocycles. The van der Waals surface area contributed by atoms with Crippen molar-refractivity contribution >= 4 is 17.4 Å². The molecular formula is C11H12ClN3O. The average Bonchev–Trinajstić information content (AvgIpc) is 2.62. The molecule has 0 atom stereocenters. The maximum Gasteiger partial charge on any atom is 0.122 e. The summed E-state index contributed by atoms with van der Waals surface area (Å²) in [5.41, 5.74) is 7.49. The maximum absolute atomic E-state index is 8.83. The maximum atomic E-state index is 8.83. The fourth-order valence-corrected chi connectivity index (χ4v) is 1.59. The second kappa shape index (κ2) is 4.55. The Morgan fingerprint density at radius 3 is 2.62 bits per heavy atom. The molecule has 0 radical (unpaired) electrons. The van der Waals surface area contributed by atoms with Crippen LogP contribution >= 0.6 is 11.6 Å². The summed E-state index contributed by atoms with van der Waals surface area (Å²) < 4.78 is 1.57. The van der Waals surface area contributed by atoms with Gasteiger partial charge in [-0.05, 0) is 12.1 Å². The van der Waals surface area contributed by atoms with E-state index in [4.69, 9.17) is 22.4 Å². The zero-order valence-electron chi connectivity index (χ0n) is 8.60. The van der Waals surface area contributed by atoms with Crippen molar-refractivity contribution < 1.29 is 5.11 Å². The van der Waals surface area contributed by atoms with E-state index >= 15 is 0 Å². The number of aliphatic hydroxyl groups is 1. The van der Waals surface area contributed by atoms with Gasteiger partial charge in [-0.1, -0.05) is 23.7 Å². The van der Waals surface area contributed by atoms with E-state index in [2.05, 4.69) is 5.10 Å². The van der Waals surface area contributed by atoms with Gasteiger partial charge < -0.3 is 10.8 Å². The lowest BCUT2D eigenvalue weighted by molar-refractivity contribution is 0.270. The van der Waals surface area contributed by atoms with Crippen molar-refractivity contribution in [3.8, 4) is 11.3 Å². The topological polar surface area (TPSA) is 64.1 Å². The molecule has 0 saturated heterocycles. The van der Waals surface area contributed by atoms with Gasteiger partial charge in [0.15, 0.2) is 0 Å². The lowest BCUT2D eigenvalue weighted by atomic mass is 10.1. The molecule has 0 aliphatic carbocycles. The molecule has 0 unspecified atom stereocenters. The lowest BCUT2D eigenvalue weighted by Crippen LogP contribution is -2.07. The van der Waals surface area contributed by atoms with Gasteiger partial charge in [0.25, 0.3) is 0 Å². The van der Waals surface area contributed by atoms with Crippen LogP contribution in [0.2, 0.25) is 5.02 Å². The second-order valence-electron chi connectivity index (χ2n) is 3.41. The van der Waals surface area contributed by atoms with Crippen LogP contribution in [0.3, 0.4) is 0 Å². The number of benzene rings is 1. The Kier molecular flexibility index (Phi) is 3.12. The summed E-state index contributed by atoms with van der Waals surface area (Å²) in [5, 5.41) is 13.8. The van der Waals surface area contributed by atoms with Crippen molar-refractivity contribution in [2.24, 2.45) is 0 Å². The van der Waals surface area contributed by atoms with Gasteiger partial charge in [-0.25, -0.2) is 4.68 Å². The van der Waals surface area contributed by atoms with Crippen LogP contribution < -0.4 is 5.73 Å². The van der Waals surface area contributed by atoms with Crippen molar-refractivity contribution in [2.45, 2.75) is 6.54 Å². The molecule has 0 aliphatic heterocycles. The van der Waals surface area contributed by atoms with Gasteiger partial charge in [0.05, 0.1) is 18.8 Å². The van der Waals surface area contributed by atoms with Crippen molar-refractivity contribution in [3.05, 3.63) is 35.4 Å². The van der Waals surface area contributed by atoms with Crippen LogP contribution in [-0.2, 0) is 6.54 Å². The second-order valence-corrected chi connectivity index (χ2v) is 3.84. The van der Waals surface area contributed by atoms with Gasteiger partial charge in [0.2, 0.25) is 0 Å². The van der Waals surface area contributed by atoms with Crippen LogP contribution in [0.4, 0.5) is 5.82 Å². The van der Waals surface area contributed by atoms with Gasteiger partial charge >= 0.3 is 0 Å². The highest BCUT2D eigenvalue weighted by Crippen LogP contribution is 2.22. The number of nitrogen functional groups attached to an aromatic ring is 1. The SMILES string of the molecule is Nc1cc(-c2ccc(Cl)cc2)nn1CCO. The molecule has 0 amide bonds. The number of anilines is 1. The molecule has 0 saturated carbocycles. The molecule has 16 heavy (non-hydrogen) atoms. The van der Waals surface area contributed by atoms with E-state index in [1.54, 1.807) is 22.9 Å². The third-order valence-corrected chi connectivity index (χ3v) is 2.51. The highest BCUT2D eigenvalue weighted by atomic mass is 35.5. The molecule has 84 valence electrons. The normalized spacial score (nSPS) is 10.6. The number of aliphatic hydroxyl groups excluding tert-OH is 1. The van der Waals surface area contributed by atoms with E-state index in [1.165, 1.54) is 0 Å². The lowest BCUT2D eigenvalue weighted by Gasteiger charge is -1.99. The van der Waals surface area contributed by atoms with Gasteiger partial charge in [-0.3, -0.25) is 0 Å². The van der Waals surface area contributed by atoms with Gasteiger partial charge in [-0.2, -0.15) is 5.10 Å². The molecule has 2 aromatic rings. The summed E-state index contributed by atoms with van der Waals surface area (Å²) in [5.74, 6) is 0.541. The Labute approximate surface area is 98.3 Å². The van der Waals surface area contributed by atoms with Gasteiger partial charge in [0, 0.05) is 16.7 Å². The first kappa shape index (κ1) is 11.0.